The Morgan fingerprint density at radius 1 is 1.72 bits per heavy atom. The molecule has 1 fully saturated rings. The van der Waals surface area contributed by atoms with E-state index in [0.717, 1.165) is 0 Å². The Labute approximate surface area is 109 Å². The molecule has 1 atom stereocenters. The molecule has 2 heterocycles. The van der Waals surface area contributed by atoms with Gasteiger partial charge < -0.3 is 10.5 Å². The number of esters is 1. The molecule has 0 radical (unpaired) electrons. The SMILES string of the molecule is CCOC(=O)c1csc(N2CC(CN)CC2=O)n1. The molecule has 2 N–H and O–H groups in total. The number of carbonyl (C=O) groups excluding carboxylic acids is 2. The Kier molecular flexibility index (Phi) is 3.93. The van der Waals surface area contributed by atoms with Gasteiger partial charge in [0.05, 0.1) is 6.61 Å². The Balaban J connectivity index is 2.11. The van der Waals surface area contributed by atoms with Gasteiger partial charge in [0, 0.05) is 18.3 Å². The summed E-state index contributed by atoms with van der Waals surface area (Å²) >= 11 is 1.27. The molecule has 1 aliphatic heterocycles. The number of nitrogens with zero attached hydrogens (tertiary/aromatic N) is 2. The monoisotopic (exact) mass is 269 g/mol. The van der Waals surface area contributed by atoms with Crippen LogP contribution < -0.4 is 10.6 Å². The third-order valence-electron chi connectivity index (χ3n) is 2.75. The van der Waals surface area contributed by atoms with E-state index in [9.17, 15) is 9.59 Å². The summed E-state index contributed by atoms with van der Waals surface area (Å²) in [5.41, 5.74) is 5.81. The number of ether oxygens (including phenoxy) is 1. The van der Waals surface area contributed by atoms with E-state index in [1.54, 1.807) is 17.2 Å². The molecule has 0 bridgehead atoms. The molecular weight excluding hydrogens is 254 g/mol. The minimum absolute atomic E-state index is 0.00945. The number of carbonyl (C=O) groups is 2. The second kappa shape index (κ2) is 5.45. The number of amides is 1. The summed E-state index contributed by atoms with van der Waals surface area (Å²) in [7, 11) is 0. The van der Waals surface area contributed by atoms with Crippen LogP contribution in [-0.4, -0.2) is 36.6 Å². The van der Waals surface area contributed by atoms with Gasteiger partial charge in [0.1, 0.15) is 0 Å². The van der Waals surface area contributed by atoms with E-state index in [0.29, 0.717) is 31.2 Å². The summed E-state index contributed by atoms with van der Waals surface area (Å²) in [6, 6.07) is 0. The summed E-state index contributed by atoms with van der Waals surface area (Å²) < 4.78 is 4.85. The molecule has 98 valence electrons. The topological polar surface area (TPSA) is 85.5 Å². The summed E-state index contributed by atoms with van der Waals surface area (Å²) in [4.78, 5) is 29.0. The maximum absolute atomic E-state index is 11.8. The predicted octanol–water partition coefficient (Wildman–Crippen LogP) is 0.631. The van der Waals surface area contributed by atoms with Crippen molar-refractivity contribution < 1.29 is 14.3 Å². The fraction of sp³-hybridized carbons (Fsp3) is 0.545. The highest BCUT2D eigenvalue weighted by Crippen LogP contribution is 2.27. The van der Waals surface area contributed by atoms with E-state index in [4.69, 9.17) is 10.5 Å². The van der Waals surface area contributed by atoms with Crippen LogP contribution >= 0.6 is 11.3 Å². The predicted molar refractivity (Wildman–Crippen MR) is 67.6 cm³/mol. The van der Waals surface area contributed by atoms with Crippen molar-refractivity contribution in [1.29, 1.82) is 0 Å². The number of nitrogens with two attached hydrogens (primary N) is 1. The number of thiazole rings is 1. The van der Waals surface area contributed by atoms with Gasteiger partial charge in [-0.15, -0.1) is 11.3 Å². The number of hydrogen-bond acceptors (Lipinski definition) is 6. The lowest BCUT2D eigenvalue weighted by atomic mass is 10.1. The number of hydrogen-bond donors (Lipinski definition) is 1. The van der Waals surface area contributed by atoms with Gasteiger partial charge in [-0.25, -0.2) is 9.78 Å². The highest BCUT2D eigenvalue weighted by molar-refractivity contribution is 7.14. The van der Waals surface area contributed by atoms with Gasteiger partial charge in [0.15, 0.2) is 10.8 Å². The van der Waals surface area contributed by atoms with E-state index < -0.39 is 5.97 Å². The molecule has 7 heteroatoms. The lowest BCUT2D eigenvalue weighted by Crippen LogP contribution is -2.25. The zero-order valence-corrected chi connectivity index (χ0v) is 10.9. The summed E-state index contributed by atoms with van der Waals surface area (Å²) in [5, 5.41) is 2.15. The minimum Gasteiger partial charge on any atom is -0.461 e. The van der Waals surface area contributed by atoms with Gasteiger partial charge in [0.2, 0.25) is 5.91 Å². The van der Waals surface area contributed by atoms with Gasteiger partial charge >= 0.3 is 5.97 Å². The highest BCUT2D eigenvalue weighted by atomic mass is 32.1. The first-order valence-corrected chi connectivity index (χ1v) is 6.66. The molecule has 0 aliphatic carbocycles. The average molecular weight is 269 g/mol. The molecule has 1 aliphatic rings. The Morgan fingerprint density at radius 2 is 2.50 bits per heavy atom. The molecule has 0 spiro atoms. The average Bonchev–Trinajstić information content (AvgIpc) is 2.95. The molecule has 2 rings (SSSR count). The maximum Gasteiger partial charge on any atom is 0.357 e. The maximum atomic E-state index is 11.8. The number of anilines is 1. The Bertz CT molecular complexity index is 460. The van der Waals surface area contributed by atoms with Crippen molar-refractivity contribution in [3.63, 3.8) is 0 Å². The lowest BCUT2D eigenvalue weighted by molar-refractivity contribution is -0.117. The highest BCUT2D eigenvalue weighted by Gasteiger charge is 2.31. The molecule has 1 saturated heterocycles. The van der Waals surface area contributed by atoms with Crippen molar-refractivity contribution in [2.24, 2.45) is 11.7 Å². The van der Waals surface area contributed by atoms with Crippen molar-refractivity contribution in [2.75, 3.05) is 24.6 Å². The molecule has 1 aromatic rings. The smallest absolute Gasteiger partial charge is 0.357 e. The largest absolute Gasteiger partial charge is 0.461 e. The van der Waals surface area contributed by atoms with Crippen LogP contribution in [0, 0.1) is 5.92 Å². The van der Waals surface area contributed by atoms with Gasteiger partial charge in [-0.05, 0) is 19.4 Å². The molecular formula is C11H15N3O3S. The van der Waals surface area contributed by atoms with Crippen LogP contribution in [0.25, 0.3) is 0 Å². The minimum atomic E-state index is -0.456. The number of aromatic nitrogens is 1. The molecule has 1 amide bonds. The first-order chi connectivity index (χ1) is 8.65. The van der Waals surface area contributed by atoms with Crippen LogP contribution in [0.5, 0.6) is 0 Å². The standard InChI is InChI=1S/C11H15N3O3S/c1-2-17-10(16)8-6-18-11(13-8)14-5-7(4-12)3-9(14)15/h6-7H,2-5,12H2,1H3. The van der Waals surface area contributed by atoms with E-state index in [1.165, 1.54) is 11.3 Å². The van der Waals surface area contributed by atoms with Crippen molar-refractivity contribution >= 4 is 28.3 Å². The molecule has 1 aromatic heterocycles. The van der Waals surface area contributed by atoms with Crippen molar-refractivity contribution in [1.82, 2.24) is 4.98 Å². The summed E-state index contributed by atoms with van der Waals surface area (Å²) in [6.45, 7) is 3.11. The second-order valence-corrected chi connectivity index (χ2v) is 4.88. The van der Waals surface area contributed by atoms with Crippen LogP contribution in [0.4, 0.5) is 5.13 Å². The van der Waals surface area contributed by atoms with Gasteiger partial charge in [-0.2, -0.15) is 0 Å². The zero-order chi connectivity index (χ0) is 13.1. The number of rotatable bonds is 4. The van der Waals surface area contributed by atoms with Crippen LogP contribution in [-0.2, 0) is 9.53 Å². The fourth-order valence-corrected chi connectivity index (χ4v) is 2.63. The normalized spacial score (nSPS) is 19.3. The van der Waals surface area contributed by atoms with Gasteiger partial charge in [-0.3, -0.25) is 9.69 Å². The van der Waals surface area contributed by atoms with Crippen LogP contribution in [0.3, 0.4) is 0 Å². The Morgan fingerprint density at radius 3 is 3.11 bits per heavy atom. The molecule has 18 heavy (non-hydrogen) atoms. The van der Waals surface area contributed by atoms with Gasteiger partial charge in [-0.1, -0.05) is 0 Å². The van der Waals surface area contributed by atoms with E-state index in [2.05, 4.69) is 4.98 Å². The first kappa shape index (κ1) is 13.0. The van der Waals surface area contributed by atoms with Crippen molar-refractivity contribution in [2.45, 2.75) is 13.3 Å². The van der Waals surface area contributed by atoms with Crippen LogP contribution in [0.15, 0.2) is 5.38 Å². The Hall–Kier alpha value is -1.47. The first-order valence-electron chi connectivity index (χ1n) is 5.78. The van der Waals surface area contributed by atoms with Crippen LogP contribution in [0.2, 0.25) is 0 Å². The summed E-state index contributed by atoms with van der Waals surface area (Å²) in [5.74, 6) is -0.273. The second-order valence-electron chi connectivity index (χ2n) is 4.05. The van der Waals surface area contributed by atoms with Crippen molar-refractivity contribution in [3.05, 3.63) is 11.1 Å². The lowest BCUT2D eigenvalue weighted by Gasteiger charge is -2.11. The fourth-order valence-electron chi connectivity index (χ4n) is 1.81. The van der Waals surface area contributed by atoms with Gasteiger partial charge in [0.25, 0.3) is 0 Å². The van der Waals surface area contributed by atoms with E-state index >= 15 is 0 Å². The third kappa shape index (κ3) is 2.51. The van der Waals surface area contributed by atoms with Crippen molar-refractivity contribution in [3.8, 4) is 0 Å². The van der Waals surface area contributed by atoms with E-state index in [1.807, 2.05) is 0 Å². The zero-order valence-electron chi connectivity index (χ0n) is 10.1. The third-order valence-corrected chi connectivity index (χ3v) is 3.61. The van der Waals surface area contributed by atoms with E-state index in [-0.39, 0.29) is 17.5 Å². The molecule has 1 unspecified atom stereocenters. The molecule has 0 aromatic carbocycles. The van der Waals surface area contributed by atoms with Crippen LogP contribution in [0.1, 0.15) is 23.8 Å². The quantitative estimate of drug-likeness (QED) is 0.810. The summed E-state index contributed by atoms with van der Waals surface area (Å²) in [6.07, 6.45) is 0.449. The molecule has 6 nitrogen and oxygen atoms in total. The molecule has 0 saturated carbocycles.